The van der Waals surface area contributed by atoms with Gasteiger partial charge in [-0.1, -0.05) is 36.4 Å². The van der Waals surface area contributed by atoms with E-state index in [1.807, 2.05) is 48.5 Å². The van der Waals surface area contributed by atoms with Crippen molar-refractivity contribution in [1.82, 2.24) is 9.97 Å². The topological polar surface area (TPSA) is 97.8 Å². The monoisotopic (exact) mass is 348 g/mol. The first-order chi connectivity index (χ1) is 12.4. The number of aromatic amines is 1. The zero-order valence-corrected chi connectivity index (χ0v) is 14.9. The summed E-state index contributed by atoms with van der Waals surface area (Å²) in [5.41, 5.74) is 15.1. The zero-order valence-electron chi connectivity index (χ0n) is 14.9. The van der Waals surface area contributed by atoms with Gasteiger partial charge in [-0.15, -0.1) is 0 Å². The summed E-state index contributed by atoms with van der Waals surface area (Å²) in [7, 11) is 0. The Morgan fingerprint density at radius 3 is 2.54 bits per heavy atom. The van der Waals surface area contributed by atoms with Crippen molar-refractivity contribution in [3.8, 4) is 11.4 Å². The molecule has 1 heterocycles. The number of Topliss-reactive ketones (excluding diaryl/α,β-unsaturated/α-hetero) is 1. The molecule has 4 rings (SSSR count). The summed E-state index contributed by atoms with van der Waals surface area (Å²) >= 11 is 0. The molecule has 134 valence electrons. The maximum Gasteiger partial charge on any atom is 0.160 e. The van der Waals surface area contributed by atoms with E-state index in [1.54, 1.807) is 6.92 Å². The Labute approximate surface area is 152 Å². The Morgan fingerprint density at radius 2 is 1.88 bits per heavy atom. The number of nitrogens with two attached hydrogens (primary N) is 2. The third kappa shape index (κ3) is 2.93. The first-order valence-corrected chi connectivity index (χ1v) is 9.09. The fourth-order valence-electron chi connectivity index (χ4n) is 3.88. The molecular formula is C21H24N4O. The number of para-hydroxylation sites is 2. The summed E-state index contributed by atoms with van der Waals surface area (Å²) in [5, 5.41) is 0. The number of rotatable bonds is 4. The minimum Gasteiger partial charge on any atom is -0.338 e. The third-order valence-corrected chi connectivity index (χ3v) is 5.50. The van der Waals surface area contributed by atoms with E-state index in [2.05, 4.69) is 9.97 Å². The summed E-state index contributed by atoms with van der Waals surface area (Å²) in [6.07, 6.45) is 2.48. The van der Waals surface area contributed by atoms with Gasteiger partial charge in [-0.2, -0.15) is 0 Å². The molecular weight excluding hydrogens is 324 g/mol. The molecule has 5 nitrogen and oxygen atoms in total. The van der Waals surface area contributed by atoms with Crippen LogP contribution in [0, 0.1) is 5.92 Å². The maximum atomic E-state index is 12.9. The van der Waals surface area contributed by atoms with Gasteiger partial charge in [0.25, 0.3) is 0 Å². The number of hydrogen-bond acceptors (Lipinski definition) is 4. The summed E-state index contributed by atoms with van der Waals surface area (Å²) in [6.45, 7) is 1.80. The van der Waals surface area contributed by atoms with Crippen molar-refractivity contribution >= 4 is 16.8 Å². The van der Waals surface area contributed by atoms with Gasteiger partial charge >= 0.3 is 0 Å². The van der Waals surface area contributed by atoms with Gasteiger partial charge in [-0.05, 0) is 43.9 Å². The molecule has 0 saturated heterocycles. The Kier molecular flexibility index (Phi) is 4.13. The molecule has 1 aliphatic carbocycles. The minimum absolute atomic E-state index is 0.0324. The highest BCUT2D eigenvalue weighted by atomic mass is 16.1. The number of H-pyrrole nitrogens is 1. The van der Waals surface area contributed by atoms with Gasteiger partial charge in [0.05, 0.1) is 16.6 Å². The van der Waals surface area contributed by atoms with Crippen LogP contribution in [0.4, 0.5) is 0 Å². The van der Waals surface area contributed by atoms with Crippen molar-refractivity contribution in [1.29, 1.82) is 0 Å². The van der Waals surface area contributed by atoms with Gasteiger partial charge < -0.3 is 16.5 Å². The van der Waals surface area contributed by atoms with Crippen LogP contribution in [0.15, 0.2) is 48.5 Å². The van der Waals surface area contributed by atoms with Crippen LogP contribution in [0.25, 0.3) is 22.4 Å². The quantitative estimate of drug-likeness (QED) is 0.675. The summed E-state index contributed by atoms with van der Waals surface area (Å²) in [6, 6.07) is 15.8. The van der Waals surface area contributed by atoms with E-state index in [4.69, 9.17) is 11.5 Å². The van der Waals surface area contributed by atoms with Crippen LogP contribution in [0.1, 0.15) is 31.7 Å². The van der Waals surface area contributed by atoms with Crippen LogP contribution in [0.3, 0.4) is 0 Å². The Morgan fingerprint density at radius 1 is 1.15 bits per heavy atom. The molecule has 0 aliphatic heterocycles. The molecule has 1 fully saturated rings. The van der Waals surface area contributed by atoms with E-state index in [1.165, 1.54) is 0 Å². The van der Waals surface area contributed by atoms with Gasteiger partial charge in [-0.3, -0.25) is 4.79 Å². The molecule has 0 spiro atoms. The molecule has 1 unspecified atom stereocenters. The second-order valence-electron chi connectivity index (χ2n) is 7.52. The first-order valence-electron chi connectivity index (χ1n) is 9.09. The molecule has 0 radical (unpaired) electrons. The van der Waals surface area contributed by atoms with Gasteiger partial charge in [0, 0.05) is 17.5 Å². The van der Waals surface area contributed by atoms with Crippen LogP contribution in [-0.2, 0) is 10.3 Å². The Bertz CT molecular complexity index is 909. The highest BCUT2D eigenvalue weighted by Crippen LogP contribution is 2.32. The number of carbonyl (C=O) groups is 1. The molecule has 3 aromatic rings. The molecule has 2 aromatic carbocycles. The number of benzene rings is 2. The number of hydrogen-bond donors (Lipinski definition) is 3. The molecule has 1 aromatic heterocycles. The van der Waals surface area contributed by atoms with Crippen molar-refractivity contribution in [3.63, 3.8) is 0 Å². The Balaban J connectivity index is 1.59. The van der Waals surface area contributed by atoms with E-state index < -0.39 is 5.54 Å². The number of nitrogens with zero attached hydrogens (tertiary/aromatic N) is 1. The molecule has 0 bridgehead atoms. The fraction of sp³-hybridized carbons (Fsp3) is 0.333. The number of fused-ring (bicyclic) bond motifs is 1. The average Bonchev–Trinajstić information content (AvgIpc) is 3.27. The lowest BCUT2D eigenvalue weighted by atomic mass is 9.81. The highest BCUT2D eigenvalue weighted by Gasteiger charge is 2.38. The van der Waals surface area contributed by atoms with Crippen LogP contribution in [0.5, 0.6) is 0 Å². The second-order valence-corrected chi connectivity index (χ2v) is 7.52. The molecule has 5 heteroatoms. The molecule has 1 saturated carbocycles. The van der Waals surface area contributed by atoms with Gasteiger partial charge in [0.2, 0.25) is 0 Å². The number of nitrogens with one attached hydrogen (secondary N) is 1. The van der Waals surface area contributed by atoms with Crippen LogP contribution >= 0.6 is 0 Å². The third-order valence-electron chi connectivity index (χ3n) is 5.50. The van der Waals surface area contributed by atoms with Gasteiger partial charge in [-0.25, -0.2) is 4.98 Å². The number of ketones is 1. The molecule has 1 aliphatic rings. The predicted molar refractivity (Wildman–Crippen MR) is 103 cm³/mol. The normalized spacial score (nSPS) is 22.4. The number of aromatic nitrogens is 2. The largest absolute Gasteiger partial charge is 0.338 e. The van der Waals surface area contributed by atoms with Crippen molar-refractivity contribution < 1.29 is 4.79 Å². The van der Waals surface area contributed by atoms with Gasteiger partial charge in [0.1, 0.15) is 5.82 Å². The van der Waals surface area contributed by atoms with Crippen LogP contribution < -0.4 is 11.5 Å². The fourth-order valence-corrected chi connectivity index (χ4v) is 3.88. The van der Waals surface area contributed by atoms with Crippen LogP contribution in [0.2, 0.25) is 0 Å². The lowest BCUT2D eigenvalue weighted by Gasteiger charge is -2.27. The zero-order chi connectivity index (χ0) is 18.3. The van der Waals surface area contributed by atoms with Crippen molar-refractivity contribution in [2.75, 3.05) is 0 Å². The van der Waals surface area contributed by atoms with Gasteiger partial charge in [0.15, 0.2) is 5.78 Å². The van der Waals surface area contributed by atoms with Crippen LogP contribution in [-0.4, -0.2) is 21.8 Å². The van der Waals surface area contributed by atoms with E-state index in [0.29, 0.717) is 0 Å². The average molecular weight is 348 g/mol. The molecule has 0 amide bonds. The van der Waals surface area contributed by atoms with E-state index in [-0.39, 0.29) is 17.7 Å². The smallest absolute Gasteiger partial charge is 0.160 e. The number of carbonyl (C=O) groups excluding carboxylic acids is 1. The van der Waals surface area contributed by atoms with E-state index in [0.717, 1.165) is 47.2 Å². The molecule has 26 heavy (non-hydrogen) atoms. The minimum atomic E-state index is -0.999. The van der Waals surface area contributed by atoms with Crippen molar-refractivity contribution in [2.24, 2.45) is 17.4 Å². The molecule has 5 N–H and O–H groups in total. The highest BCUT2D eigenvalue weighted by molar-refractivity contribution is 5.91. The lowest BCUT2D eigenvalue weighted by Crippen LogP contribution is -2.45. The summed E-state index contributed by atoms with van der Waals surface area (Å²) in [4.78, 5) is 20.8. The number of imidazole rings is 1. The maximum absolute atomic E-state index is 12.9. The predicted octanol–water partition coefficient (Wildman–Crippen LogP) is 3.10. The van der Waals surface area contributed by atoms with Crippen molar-refractivity contribution in [3.05, 3.63) is 54.1 Å². The molecule has 3 atom stereocenters. The van der Waals surface area contributed by atoms with Crippen molar-refractivity contribution in [2.45, 2.75) is 37.8 Å². The lowest BCUT2D eigenvalue weighted by molar-refractivity contribution is -0.127. The Hall–Kier alpha value is -2.50. The second kappa shape index (κ2) is 6.34. The first kappa shape index (κ1) is 16.9. The standard InChI is InChI=1S/C21H24N4O/c1-21(23,19(26)14-8-11-16(22)12-14)15-9-6-13(7-10-15)20-24-17-4-2-3-5-18(17)25-20/h2-7,9-10,14,16H,8,11-12,22-23H2,1H3,(H,24,25)/t14-,16+,21?/m1/s1. The SMILES string of the molecule is CC(N)(C(=O)[C@@H]1CC[C@H](N)C1)c1ccc(-c2nc3ccccc3[nH]2)cc1. The van der Waals surface area contributed by atoms with E-state index >= 15 is 0 Å². The van der Waals surface area contributed by atoms with E-state index in [9.17, 15) is 4.79 Å². The summed E-state index contributed by atoms with van der Waals surface area (Å²) < 4.78 is 0. The summed E-state index contributed by atoms with van der Waals surface area (Å²) in [5.74, 6) is 0.863.